The summed E-state index contributed by atoms with van der Waals surface area (Å²) in [6.45, 7) is 5.68. The topological polar surface area (TPSA) is 68.3 Å². The van der Waals surface area contributed by atoms with Gasteiger partial charge in [-0.2, -0.15) is 0 Å². The number of ether oxygens (including phenoxy) is 1. The molecule has 0 aliphatic rings. The monoisotopic (exact) mass is 256 g/mol. The van der Waals surface area contributed by atoms with Crippen LogP contribution >= 0.6 is 11.3 Å². The molecule has 1 rings (SSSR count). The predicted molar refractivity (Wildman–Crippen MR) is 64.7 cm³/mol. The highest BCUT2D eigenvalue weighted by Crippen LogP contribution is 2.19. The number of carbonyl (C=O) groups is 2. The van der Waals surface area contributed by atoms with Crippen molar-refractivity contribution in [2.45, 2.75) is 33.2 Å². The van der Waals surface area contributed by atoms with Crippen LogP contribution in [-0.4, -0.2) is 23.5 Å². The van der Waals surface area contributed by atoms with Gasteiger partial charge in [0.05, 0.1) is 12.6 Å². The molecule has 0 spiro atoms. The lowest BCUT2D eigenvalue weighted by Crippen LogP contribution is -2.34. The van der Waals surface area contributed by atoms with Gasteiger partial charge in [0, 0.05) is 11.1 Å². The maximum Gasteiger partial charge on any atom is 0.396 e. The first kappa shape index (κ1) is 13.6. The molecular weight excluding hydrogens is 240 g/mol. The van der Waals surface area contributed by atoms with E-state index in [1.165, 1.54) is 11.3 Å². The number of nitrogens with one attached hydrogen (secondary N) is 1. The van der Waals surface area contributed by atoms with Crippen molar-refractivity contribution < 1.29 is 14.3 Å². The van der Waals surface area contributed by atoms with E-state index in [0.717, 1.165) is 16.3 Å². The molecule has 1 unspecified atom stereocenters. The minimum atomic E-state index is -0.855. The maximum absolute atomic E-state index is 11.4. The lowest BCUT2D eigenvalue weighted by molar-refractivity contribution is -0.154. The van der Waals surface area contributed by atoms with Gasteiger partial charge >= 0.3 is 11.9 Å². The Morgan fingerprint density at radius 1 is 1.53 bits per heavy atom. The van der Waals surface area contributed by atoms with Crippen molar-refractivity contribution in [1.82, 2.24) is 10.3 Å². The van der Waals surface area contributed by atoms with Gasteiger partial charge < -0.3 is 10.1 Å². The number of thiazole rings is 1. The molecule has 0 bridgehead atoms. The molecule has 94 valence electrons. The Kier molecular flexibility index (Phi) is 5.09. The van der Waals surface area contributed by atoms with E-state index in [9.17, 15) is 9.59 Å². The van der Waals surface area contributed by atoms with Crippen LogP contribution in [0.25, 0.3) is 0 Å². The molecule has 1 N–H and O–H groups in total. The Labute approximate surface area is 104 Å². The fourth-order valence-electron chi connectivity index (χ4n) is 1.20. The first-order valence-corrected chi connectivity index (χ1v) is 6.32. The van der Waals surface area contributed by atoms with Crippen molar-refractivity contribution in [3.63, 3.8) is 0 Å². The molecule has 0 saturated heterocycles. The molecule has 0 fully saturated rings. The van der Waals surface area contributed by atoms with E-state index < -0.39 is 11.9 Å². The van der Waals surface area contributed by atoms with Crippen LogP contribution in [-0.2, 0) is 20.7 Å². The number of amides is 1. The first-order chi connectivity index (χ1) is 8.08. The number of aromatic nitrogens is 1. The molecule has 6 heteroatoms. The second-order valence-corrected chi connectivity index (χ2v) is 4.58. The van der Waals surface area contributed by atoms with Crippen LogP contribution in [0.2, 0.25) is 0 Å². The number of aryl methyl sites for hydroxylation is 1. The maximum atomic E-state index is 11.4. The molecular formula is C11H16N2O3S. The number of nitrogens with zero attached hydrogens (tertiary/aromatic N) is 1. The lowest BCUT2D eigenvalue weighted by Gasteiger charge is -2.09. The summed E-state index contributed by atoms with van der Waals surface area (Å²) in [6, 6.07) is -0.280. The molecule has 1 aromatic rings. The summed E-state index contributed by atoms with van der Waals surface area (Å²) >= 11 is 1.53. The van der Waals surface area contributed by atoms with E-state index >= 15 is 0 Å². The normalized spacial score (nSPS) is 11.9. The second kappa shape index (κ2) is 6.34. The minimum absolute atomic E-state index is 0.192. The molecule has 0 aliphatic carbocycles. The van der Waals surface area contributed by atoms with Gasteiger partial charge in [0.15, 0.2) is 0 Å². The summed E-state index contributed by atoms with van der Waals surface area (Å²) in [4.78, 5) is 27.9. The van der Waals surface area contributed by atoms with E-state index in [0.29, 0.717) is 0 Å². The minimum Gasteiger partial charge on any atom is -0.459 e. The second-order valence-electron chi connectivity index (χ2n) is 3.43. The van der Waals surface area contributed by atoms with Gasteiger partial charge in [0.2, 0.25) is 0 Å². The highest BCUT2D eigenvalue weighted by Gasteiger charge is 2.19. The van der Waals surface area contributed by atoms with E-state index in [-0.39, 0.29) is 12.6 Å². The summed E-state index contributed by atoms with van der Waals surface area (Å²) in [5.41, 5.74) is 0. The van der Waals surface area contributed by atoms with Crippen LogP contribution in [0, 0.1) is 0 Å². The highest BCUT2D eigenvalue weighted by atomic mass is 32.1. The van der Waals surface area contributed by atoms with Gasteiger partial charge in [0.1, 0.15) is 5.01 Å². The molecule has 17 heavy (non-hydrogen) atoms. The number of carbonyl (C=O) groups excluding carboxylic acids is 2. The Balaban J connectivity index is 2.56. The van der Waals surface area contributed by atoms with Crippen LogP contribution in [0.4, 0.5) is 0 Å². The first-order valence-electron chi connectivity index (χ1n) is 5.50. The summed E-state index contributed by atoms with van der Waals surface area (Å²) in [7, 11) is 0. The van der Waals surface area contributed by atoms with Crippen LogP contribution in [0.3, 0.4) is 0 Å². The molecule has 1 heterocycles. The molecule has 0 radical (unpaired) electrons. The Morgan fingerprint density at radius 2 is 2.24 bits per heavy atom. The Morgan fingerprint density at radius 3 is 2.76 bits per heavy atom. The zero-order valence-electron chi connectivity index (χ0n) is 10.1. The summed E-state index contributed by atoms with van der Waals surface area (Å²) < 4.78 is 4.60. The van der Waals surface area contributed by atoms with E-state index in [1.807, 2.05) is 6.92 Å². The molecule has 0 aromatic carbocycles. The fourth-order valence-corrected chi connectivity index (χ4v) is 2.06. The standard InChI is InChI=1S/C11H16N2O3S/c1-4-8-6-12-10(17-8)7(3)13-9(14)11(15)16-5-2/h6-7H,4-5H2,1-3H3,(H,13,14). The van der Waals surface area contributed by atoms with Gasteiger partial charge in [0.25, 0.3) is 0 Å². The number of rotatable bonds is 4. The highest BCUT2D eigenvalue weighted by molar-refractivity contribution is 7.11. The van der Waals surface area contributed by atoms with Crippen LogP contribution < -0.4 is 5.32 Å². The fraction of sp³-hybridized carbons (Fsp3) is 0.545. The van der Waals surface area contributed by atoms with Crippen LogP contribution in [0.15, 0.2) is 6.20 Å². The SMILES string of the molecule is CCOC(=O)C(=O)NC(C)c1ncc(CC)s1. The van der Waals surface area contributed by atoms with Crippen LogP contribution in [0.1, 0.15) is 36.7 Å². The Hall–Kier alpha value is -1.43. The molecule has 5 nitrogen and oxygen atoms in total. The predicted octanol–water partition coefficient (Wildman–Crippen LogP) is 1.45. The number of hydrogen-bond donors (Lipinski definition) is 1. The lowest BCUT2D eigenvalue weighted by atomic mass is 10.3. The van der Waals surface area contributed by atoms with Crippen molar-refractivity contribution in [2.24, 2.45) is 0 Å². The molecule has 1 aromatic heterocycles. The third-order valence-corrected chi connectivity index (χ3v) is 3.42. The van der Waals surface area contributed by atoms with E-state index in [1.54, 1.807) is 20.0 Å². The van der Waals surface area contributed by atoms with Crippen molar-refractivity contribution in [2.75, 3.05) is 6.61 Å². The molecule has 1 amide bonds. The smallest absolute Gasteiger partial charge is 0.396 e. The van der Waals surface area contributed by atoms with Gasteiger partial charge in [-0.05, 0) is 20.3 Å². The molecule has 1 atom stereocenters. The van der Waals surface area contributed by atoms with Gasteiger partial charge in [-0.15, -0.1) is 11.3 Å². The van der Waals surface area contributed by atoms with Gasteiger partial charge in [-0.3, -0.25) is 4.79 Å². The average Bonchev–Trinajstić information content (AvgIpc) is 2.77. The largest absolute Gasteiger partial charge is 0.459 e. The van der Waals surface area contributed by atoms with Crippen molar-refractivity contribution in [1.29, 1.82) is 0 Å². The van der Waals surface area contributed by atoms with Crippen molar-refractivity contribution in [3.05, 3.63) is 16.1 Å². The van der Waals surface area contributed by atoms with Gasteiger partial charge in [-0.1, -0.05) is 6.92 Å². The summed E-state index contributed by atoms with van der Waals surface area (Å²) in [5, 5.41) is 3.34. The van der Waals surface area contributed by atoms with E-state index in [2.05, 4.69) is 15.0 Å². The number of esters is 1. The number of hydrogen-bond acceptors (Lipinski definition) is 5. The zero-order chi connectivity index (χ0) is 12.8. The molecule has 0 aliphatic heterocycles. The molecule has 0 saturated carbocycles. The van der Waals surface area contributed by atoms with Gasteiger partial charge in [-0.25, -0.2) is 9.78 Å². The van der Waals surface area contributed by atoms with Crippen molar-refractivity contribution >= 4 is 23.2 Å². The summed E-state index contributed by atoms with van der Waals surface area (Å²) in [6.07, 6.45) is 2.70. The van der Waals surface area contributed by atoms with Crippen molar-refractivity contribution in [3.8, 4) is 0 Å². The third-order valence-electron chi connectivity index (χ3n) is 2.10. The third kappa shape index (κ3) is 3.81. The van der Waals surface area contributed by atoms with E-state index in [4.69, 9.17) is 0 Å². The average molecular weight is 256 g/mol. The Bertz CT molecular complexity index is 403. The summed E-state index contributed by atoms with van der Waals surface area (Å²) in [5.74, 6) is -1.58. The quantitative estimate of drug-likeness (QED) is 0.654. The van der Waals surface area contributed by atoms with Crippen LogP contribution in [0.5, 0.6) is 0 Å². The zero-order valence-corrected chi connectivity index (χ0v) is 11.0.